The van der Waals surface area contributed by atoms with Crippen LogP contribution in [0.25, 0.3) is 0 Å². The van der Waals surface area contributed by atoms with E-state index in [2.05, 4.69) is 19.8 Å². The zero-order valence-corrected chi connectivity index (χ0v) is 20.6. The van der Waals surface area contributed by atoms with E-state index in [-0.39, 0.29) is 24.0 Å². The number of halogens is 1. The van der Waals surface area contributed by atoms with Crippen molar-refractivity contribution in [1.29, 1.82) is 0 Å². The van der Waals surface area contributed by atoms with Crippen molar-refractivity contribution < 1.29 is 8.42 Å². The largest absolute Gasteiger partial charge is 0.370 e. The summed E-state index contributed by atoms with van der Waals surface area (Å²) in [6.45, 7) is 5.01. The Morgan fingerprint density at radius 3 is 2.33 bits per heavy atom. The average Bonchev–Trinajstić information content (AvgIpc) is 3.47. The summed E-state index contributed by atoms with van der Waals surface area (Å²) in [7, 11) is -3.37. The predicted molar refractivity (Wildman–Crippen MR) is 131 cm³/mol. The van der Waals surface area contributed by atoms with Crippen molar-refractivity contribution in [3.05, 3.63) is 41.4 Å². The first kappa shape index (κ1) is 23.2. The summed E-state index contributed by atoms with van der Waals surface area (Å²) in [6.07, 6.45) is 3.69. The van der Waals surface area contributed by atoms with Crippen LogP contribution in [-0.4, -0.2) is 67.8 Å². The quantitative estimate of drug-likeness (QED) is 0.341. The molecule has 0 unspecified atom stereocenters. The van der Waals surface area contributed by atoms with Crippen molar-refractivity contribution >= 4 is 56.4 Å². The van der Waals surface area contributed by atoms with Crippen LogP contribution in [0.1, 0.15) is 18.4 Å². The first-order valence-electron chi connectivity index (χ1n) is 9.82. The van der Waals surface area contributed by atoms with E-state index < -0.39 is 10.0 Å². The smallest absolute Gasteiger partial charge is 0.243 e. The number of nitrogens with zero attached hydrogens (tertiary/aromatic N) is 5. The van der Waals surface area contributed by atoms with Crippen LogP contribution in [0.2, 0.25) is 0 Å². The highest BCUT2D eigenvalue weighted by Crippen LogP contribution is 2.21. The molecule has 11 heteroatoms. The molecule has 4 rings (SSSR count). The van der Waals surface area contributed by atoms with Crippen LogP contribution in [0.3, 0.4) is 0 Å². The molecule has 0 atom stereocenters. The van der Waals surface area contributed by atoms with E-state index in [9.17, 15) is 8.42 Å². The zero-order chi connectivity index (χ0) is 20.3. The van der Waals surface area contributed by atoms with Gasteiger partial charge in [-0.15, -0.1) is 35.3 Å². The minimum atomic E-state index is -3.37. The van der Waals surface area contributed by atoms with E-state index in [0.29, 0.717) is 30.5 Å². The minimum Gasteiger partial charge on any atom is -0.370 e. The monoisotopic (exact) mass is 562 g/mol. The van der Waals surface area contributed by atoms with Crippen molar-refractivity contribution in [2.24, 2.45) is 10.7 Å². The van der Waals surface area contributed by atoms with Crippen LogP contribution in [0.15, 0.2) is 45.7 Å². The molecule has 2 aliphatic heterocycles. The Morgan fingerprint density at radius 1 is 1.07 bits per heavy atom. The van der Waals surface area contributed by atoms with Gasteiger partial charge in [-0.3, -0.25) is 0 Å². The van der Waals surface area contributed by atoms with Gasteiger partial charge in [0.2, 0.25) is 10.0 Å². The molecule has 2 N–H and O–H groups in total. The number of rotatable bonds is 5. The molecule has 2 aliphatic rings. The van der Waals surface area contributed by atoms with E-state index in [0.717, 1.165) is 49.7 Å². The number of nitrogens with two attached hydrogens (primary N) is 1. The normalized spacial score (nSPS) is 18.5. The van der Waals surface area contributed by atoms with Crippen LogP contribution in [0, 0.1) is 0 Å². The molecule has 0 aliphatic carbocycles. The maximum atomic E-state index is 12.6. The number of aliphatic imine (C=N–C) groups is 1. The summed E-state index contributed by atoms with van der Waals surface area (Å²) >= 11 is 1.65. The maximum absolute atomic E-state index is 12.6. The summed E-state index contributed by atoms with van der Waals surface area (Å²) in [6, 6.07) is 6.98. The highest BCUT2D eigenvalue weighted by Gasteiger charge is 2.27. The van der Waals surface area contributed by atoms with Gasteiger partial charge < -0.3 is 15.5 Å². The molecule has 0 amide bonds. The number of hydrogen-bond donors (Lipinski definition) is 1. The van der Waals surface area contributed by atoms with Crippen molar-refractivity contribution in [3.8, 4) is 0 Å². The Morgan fingerprint density at radius 2 is 1.73 bits per heavy atom. The number of hydrogen-bond acceptors (Lipinski definition) is 6. The molecule has 0 spiro atoms. The molecule has 2 aromatic rings. The Kier molecular flexibility index (Phi) is 7.93. The lowest BCUT2D eigenvalue weighted by atomic mass is 10.2. The van der Waals surface area contributed by atoms with Crippen LogP contribution in [-0.2, 0) is 16.6 Å². The zero-order valence-electron chi connectivity index (χ0n) is 16.7. The first-order valence-corrected chi connectivity index (χ1v) is 12.1. The summed E-state index contributed by atoms with van der Waals surface area (Å²) < 4.78 is 26.7. The fourth-order valence-corrected chi connectivity index (χ4v) is 5.83. The maximum Gasteiger partial charge on any atom is 0.243 e. The van der Waals surface area contributed by atoms with E-state index in [1.807, 2.05) is 23.7 Å². The molecule has 0 radical (unpaired) electrons. The molecule has 8 nitrogen and oxygen atoms in total. The fraction of sp³-hybridized carbons (Fsp3) is 0.474. The molecular formula is C19H27IN6O2S2. The van der Waals surface area contributed by atoms with E-state index in [1.54, 1.807) is 27.8 Å². The molecule has 1 aromatic heterocycles. The number of benzene rings is 1. The van der Waals surface area contributed by atoms with Gasteiger partial charge in [0, 0.05) is 50.8 Å². The molecule has 2 fully saturated rings. The summed E-state index contributed by atoms with van der Waals surface area (Å²) in [5.41, 5.74) is 7.12. The van der Waals surface area contributed by atoms with Crippen LogP contribution < -0.4 is 10.6 Å². The lowest BCUT2D eigenvalue weighted by molar-refractivity contribution is 0.380. The van der Waals surface area contributed by atoms with Gasteiger partial charge in [0.25, 0.3) is 0 Å². The highest BCUT2D eigenvalue weighted by molar-refractivity contribution is 14.0. The Balaban J connectivity index is 0.00000256. The molecule has 164 valence electrons. The summed E-state index contributed by atoms with van der Waals surface area (Å²) in [4.78, 5) is 13.5. The molecule has 30 heavy (non-hydrogen) atoms. The van der Waals surface area contributed by atoms with Gasteiger partial charge in [-0.1, -0.05) is 12.1 Å². The van der Waals surface area contributed by atoms with Gasteiger partial charge in [-0.25, -0.2) is 18.4 Å². The first-order chi connectivity index (χ1) is 14.0. The van der Waals surface area contributed by atoms with Crippen molar-refractivity contribution in [3.63, 3.8) is 0 Å². The van der Waals surface area contributed by atoms with Gasteiger partial charge in [0.1, 0.15) is 0 Å². The van der Waals surface area contributed by atoms with Gasteiger partial charge in [0.05, 0.1) is 11.4 Å². The summed E-state index contributed by atoms with van der Waals surface area (Å²) in [5, 5.41) is 3.03. The third kappa shape index (κ3) is 5.24. The van der Waals surface area contributed by atoms with Crippen molar-refractivity contribution in [1.82, 2.24) is 14.2 Å². The second kappa shape index (κ2) is 10.2. The highest BCUT2D eigenvalue weighted by atomic mass is 127. The SMILES string of the molecule is I.NC(=NCc1ccc(S(=O)(=O)N2CCCC2)cc1)N1CCN(c2nccs2)CC1. The third-order valence-electron chi connectivity index (χ3n) is 5.34. The Labute approximate surface area is 198 Å². The lowest BCUT2D eigenvalue weighted by Gasteiger charge is -2.35. The predicted octanol–water partition coefficient (Wildman–Crippen LogP) is 2.18. The standard InChI is InChI=1S/C19H26N6O2S2.HI/c20-18(23-10-12-24(13-11-23)19-21-7-14-28-19)22-15-16-3-5-17(6-4-16)29(26,27)25-8-1-2-9-25;/h3-7,14H,1-2,8-13,15H2,(H2,20,22);1H. The van der Waals surface area contributed by atoms with E-state index in [1.165, 1.54) is 0 Å². The van der Waals surface area contributed by atoms with Crippen LogP contribution in [0.4, 0.5) is 5.13 Å². The van der Waals surface area contributed by atoms with Gasteiger partial charge in [0.15, 0.2) is 11.1 Å². The Hall–Kier alpha value is -1.44. The van der Waals surface area contributed by atoms with Gasteiger partial charge >= 0.3 is 0 Å². The van der Waals surface area contributed by atoms with Crippen LogP contribution >= 0.6 is 35.3 Å². The average molecular weight is 563 g/mol. The molecule has 0 bridgehead atoms. The molecule has 0 saturated carbocycles. The topological polar surface area (TPSA) is 95.1 Å². The molecule has 2 saturated heterocycles. The van der Waals surface area contributed by atoms with Gasteiger partial charge in [-0.2, -0.15) is 4.31 Å². The van der Waals surface area contributed by atoms with E-state index in [4.69, 9.17) is 5.73 Å². The lowest BCUT2D eigenvalue weighted by Crippen LogP contribution is -2.51. The van der Waals surface area contributed by atoms with Gasteiger partial charge in [-0.05, 0) is 30.5 Å². The van der Waals surface area contributed by atoms with E-state index >= 15 is 0 Å². The number of guanidine groups is 1. The van der Waals surface area contributed by atoms with Crippen molar-refractivity contribution in [2.45, 2.75) is 24.3 Å². The second-order valence-electron chi connectivity index (χ2n) is 7.22. The van der Waals surface area contributed by atoms with Crippen molar-refractivity contribution in [2.75, 3.05) is 44.2 Å². The number of anilines is 1. The Bertz CT molecular complexity index is 936. The number of thiazole rings is 1. The number of sulfonamides is 1. The molecule has 1 aromatic carbocycles. The number of piperazine rings is 1. The summed E-state index contributed by atoms with van der Waals surface area (Å²) in [5.74, 6) is 0.526. The molecular weight excluding hydrogens is 535 g/mol. The third-order valence-corrected chi connectivity index (χ3v) is 8.09. The second-order valence-corrected chi connectivity index (χ2v) is 10.0. The fourth-order valence-electron chi connectivity index (χ4n) is 3.62. The van der Waals surface area contributed by atoms with Crippen LogP contribution in [0.5, 0.6) is 0 Å². The number of aromatic nitrogens is 1. The minimum absolute atomic E-state index is 0. The molecule has 3 heterocycles.